The lowest BCUT2D eigenvalue weighted by atomic mass is 10.1. The van der Waals surface area contributed by atoms with Crippen molar-refractivity contribution in [3.63, 3.8) is 0 Å². The molecule has 1 rings (SSSR count). The van der Waals surface area contributed by atoms with E-state index in [4.69, 9.17) is 5.11 Å². The third-order valence-electron chi connectivity index (χ3n) is 2.23. The molecule has 0 saturated carbocycles. The molecule has 0 unspecified atom stereocenters. The normalized spacial score (nSPS) is 11.4. The van der Waals surface area contributed by atoms with Crippen molar-refractivity contribution < 1.29 is 23.1 Å². The minimum Gasteiger partial charge on any atom is -0.477 e. The Morgan fingerprint density at radius 3 is 2.41 bits per heavy atom. The first-order chi connectivity index (χ1) is 7.74. The van der Waals surface area contributed by atoms with Gasteiger partial charge < -0.3 is 10.0 Å². The fourth-order valence-electron chi connectivity index (χ4n) is 1.36. The summed E-state index contributed by atoms with van der Waals surface area (Å²) in [5.41, 5.74) is 0.202. The zero-order valence-corrected chi connectivity index (χ0v) is 9.38. The molecule has 0 atom stereocenters. The number of carbonyl (C=O) groups is 1. The Labute approximate surface area is 96.5 Å². The molecule has 0 aliphatic rings. The van der Waals surface area contributed by atoms with Gasteiger partial charge in [-0.05, 0) is 17.7 Å². The third kappa shape index (κ3) is 3.12. The van der Waals surface area contributed by atoms with Crippen LogP contribution in [0.1, 0.15) is 5.56 Å². The van der Waals surface area contributed by atoms with E-state index in [1.54, 1.807) is 14.1 Å². The van der Waals surface area contributed by atoms with Crippen molar-refractivity contribution in [2.24, 2.45) is 0 Å². The number of hydrogen-bond donors (Lipinski definition) is 1. The molecule has 1 aromatic carbocycles. The van der Waals surface area contributed by atoms with Crippen molar-refractivity contribution in [3.8, 4) is 0 Å². The molecule has 0 spiro atoms. The maximum atomic E-state index is 13.4. The molecule has 0 aliphatic heterocycles. The minimum atomic E-state index is -3.88. The number of nitrogens with zero attached hydrogens (tertiary/aromatic N) is 1. The van der Waals surface area contributed by atoms with Crippen LogP contribution in [0.5, 0.6) is 0 Å². The standard InChI is InChI=1S/C11H12F3NO2/c1-15(2)9-4-3-7(5-8(9)12)6-11(13,14)10(16)17/h3-5H,6H2,1-2H3,(H,16,17). The van der Waals surface area contributed by atoms with Crippen LogP contribution in [0.2, 0.25) is 0 Å². The quantitative estimate of drug-likeness (QED) is 0.886. The molecule has 0 fully saturated rings. The van der Waals surface area contributed by atoms with E-state index in [1.807, 2.05) is 0 Å². The molecule has 0 amide bonds. The van der Waals surface area contributed by atoms with Gasteiger partial charge in [0.15, 0.2) is 0 Å². The van der Waals surface area contributed by atoms with E-state index >= 15 is 0 Å². The molecular weight excluding hydrogens is 235 g/mol. The van der Waals surface area contributed by atoms with Crippen LogP contribution in [0.4, 0.5) is 18.9 Å². The molecule has 0 bridgehead atoms. The highest BCUT2D eigenvalue weighted by atomic mass is 19.3. The molecule has 6 heteroatoms. The highest BCUT2D eigenvalue weighted by Crippen LogP contribution is 2.24. The Morgan fingerprint density at radius 1 is 1.41 bits per heavy atom. The highest BCUT2D eigenvalue weighted by molar-refractivity contribution is 5.75. The summed E-state index contributed by atoms with van der Waals surface area (Å²) in [6, 6.07) is 3.55. The summed E-state index contributed by atoms with van der Waals surface area (Å²) < 4.78 is 39.2. The first-order valence-electron chi connectivity index (χ1n) is 4.81. The van der Waals surface area contributed by atoms with E-state index in [2.05, 4.69) is 0 Å². The predicted octanol–water partition coefficient (Wildman–Crippen LogP) is 2.15. The van der Waals surface area contributed by atoms with Gasteiger partial charge in [-0.15, -0.1) is 0 Å². The van der Waals surface area contributed by atoms with Gasteiger partial charge in [-0.1, -0.05) is 6.07 Å². The fourth-order valence-corrected chi connectivity index (χ4v) is 1.36. The first-order valence-corrected chi connectivity index (χ1v) is 4.81. The van der Waals surface area contributed by atoms with E-state index in [0.717, 1.165) is 6.07 Å². The number of alkyl halides is 2. The van der Waals surface area contributed by atoms with Gasteiger partial charge in [0.1, 0.15) is 5.82 Å². The number of anilines is 1. The van der Waals surface area contributed by atoms with Crippen molar-refractivity contribution >= 4 is 11.7 Å². The van der Waals surface area contributed by atoms with Crippen LogP contribution in [-0.4, -0.2) is 31.1 Å². The molecule has 0 heterocycles. The molecule has 17 heavy (non-hydrogen) atoms. The second-order valence-corrected chi connectivity index (χ2v) is 3.87. The van der Waals surface area contributed by atoms with Gasteiger partial charge in [-0.25, -0.2) is 9.18 Å². The Morgan fingerprint density at radius 2 is 2.00 bits per heavy atom. The maximum Gasteiger partial charge on any atom is 0.374 e. The topological polar surface area (TPSA) is 40.5 Å². The molecule has 0 aromatic heterocycles. The second-order valence-electron chi connectivity index (χ2n) is 3.87. The molecule has 94 valence electrons. The Bertz CT molecular complexity index is 433. The van der Waals surface area contributed by atoms with Gasteiger partial charge in [0.2, 0.25) is 0 Å². The van der Waals surface area contributed by atoms with Crippen LogP contribution in [0.3, 0.4) is 0 Å². The van der Waals surface area contributed by atoms with E-state index < -0.39 is 24.1 Å². The first kappa shape index (κ1) is 13.3. The lowest BCUT2D eigenvalue weighted by Crippen LogP contribution is -2.30. The lowest BCUT2D eigenvalue weighted by molar-refractivity contribution is -0.164. The number of aliphatic carboxylic acids is 1. The third-order valence-corrected chi connectivity index (χ3v) is 2.23. The van der Waals surface area contributed by atoms with Crippen molar-refractivity contribution in [2.75, 3.05) is 19.0 Å². The Kier molecular flexibility index (Phi) is 3.65. The second kappa shape index (κ2) is 4.65. The summed E-state index contributed by atoms with van der Waals surface area (Å²) in [5.74, 6) is -6.75. The molecule has 0 aliphatic carbocycles. The molecule has 1 N–H and O–H groups in total. The van der Waals surface area contributed by atoms with E-state index in [9.17, 15) is 18.0 Å². The van der Waals surface area contributed by atoms with Crippen molar-refractivity contribution in [1.29, 1.82) is 0 Å². The van der Waals surface area contributed by atoms with E-state index in [0.29, 0.717) is 0 Å². The zero-order chi connectivity index (χ0) is 13.2. The molecular formula is C11H12F3NO2. The monoisotopic (exact) mass is 247 g/mol. The van der Waals surface area contributed by atoms with Gasteiger partial charge in [-0.3, -0.25) is 0 Å². The summed E-state index contributed by atoms with van der Waals surface area (Å²) in [6.07, 6.45) is -1.02. The number of carboxylic acids is 1. The van der Waals surface area contributed by atoms with Crippen molar-refractivity contribution in [3.05, 3.63) is 29.6 Å². The number of halogens is 3. The average Bonchev–Trinajstić information content (AvgIpc) is 2.15. The van der Waals surface area contributed by atoms with Crippen molar-refractivity contribution in [2.45, 2.75) is 12.3 Å². The van der Waals surface area contributed by atoms with E-state index in [1.165, 1.54) is 17.0 Å². The SMILES string of the molecule is CN(C)c1ccc(CC(F)(F)C(=O)O)cc1F. The highest BCUT2D eigenvalue weighted by Gasteiger charge is 2.38. The maximum absolute atomic E-state index is 13.4. The number of carboxylic acid groups (broad SMARTS) is 1. The van der Waals surface area contributed by atoms with Gasteiger partial charge in [0, 0.05) is 20.5 Å². The predicted molar refractivity (Wildman–Crippen MR) is 57.0 cm³/mol. The van der Waals surface area contributed by atoms with Crippen LogP contribution in [-0.2, 0) is 11.2 Å². The van der Waals surface area contributed by atoms with Crippen LogP contribution in [0.25, 0.3) is 0 Å². The molecule has 0 radical (unpaired) electrons. The molecule has 1 aromatic rings. The Hall–Kier alpha value is -1.72. The van der Waals surface area contributed by atoms with Gasteiger partial charge in [0.05, 0.1) is 5.69 Å². The van der Waals surface area contributed by atoms with Crippen LogP contribution in [0.15, 0.2) is 18.2 Å². The summed E-state index contributed by atoms with van der Waals surface area (Å²) in [5, 5.41) is 8.26. The lowest BCUT2D eigenvalue weighted by Gasteiger charge is -2.15. The molecule has 3 nitrogen and oxygen atoms in total. The summed E-state index contributed by atoms with van der Waals surface area (Å²) in [6.45, 7) is 0. The van der Waals surface area contributed by atoms with Crippen LogP contribution in [0, 0.1) is 5.82 Å². The average molecular weight is 247 g/mol. The molecule has 0 saturated heterocycles. The smallest absolute Gasteiger partial charge is 0.374 e. The minimum absolute atomic E-state index is 0.0551. The van der Waals surface area contributed by atoms with Crippen molar-refractivity contribution in [1.82, 2.24) is 0 Å². The number of benzene rings is 1. The Balaban J connectivity index is 2.96. The summed E-state index contributed by atoms with van der Waals surface area (Å²) in [4.78, 5) is 11.7. The summed E-state index contributed by atoms with van der Waals surface area (Å²) >= 11 is 0. The van der Waals surface area contributed by atoms with Crippen LogP contribution >= 0.6 is 0 Å². The van der Waals surface area contributed by atoms with E-state index in [-0.39, 0.29) is 11.3 Å². The number of hydrogen-bond acceptors (Lipinski definition) is 2. The van der Waals surface area contributed by atoms with Gasteiger partial charge >= 0.3 is 11.9 Å². The summed E-state index contributed by atoms with van der Waals surface area (Å²) in [7, 11) is 3.23. The number of rotatable bonds is 4. The van der Waals surface area contributed by atoms with Crippen LogP contribution < -0.4 is 4.90 Å². The zero-order valence-electron chi connectivity index (χ0n) is 9.38. The fraction of sp³-hybridized carbons (Fsp3) is 0.364. The van der Waals surface area contributed by atoms with Gasteiger partial charge in [0.25, 0.3) is 0 Å². The van der Waals surface area contributed by atoms with Gasteiger partial charge in [-0.2, -0.15) is 8.78 Å². The largest absolute Gasteiger partial charge is 0.477 e.